The van der Waals surface area contributed by atoms with Crippen molar-refractivity contribution >= 4 is 34.7 Å². The number of rotatable bonds is 5. The number of nitrogens with one attached hydrogen (secondary N) is 1. The minimum atomic E-state index is -0.728. The molecule has 1 atom stereocenters. The lowest BCUT2D eigenvalue weighted by molar-refractivity contribution is 0.102. The smallest absolute Gasteiger partial charge is 0.274 e. The molecule has 0 spiro atoms. The van der Waals surface area contributed by atoms with Gasteiger partial charge in [-0.05, 0) is 55.7 Å². The number of hydrogen-bond donors (Lipinski definition) is 1. The molecule has 7 nitrogen and oxygen atoms in total. The van der Waals surface area contributed by atoms with Crippen molar-refractivity contribution in [2.24, 2.45) is 0 Å². The van der Waals surface area contributed by atoms with Crippen molar-refractivity contribution in [3.8, 4) is 0 Å². The summed E-state index contributed by atoms with van der Waals surface area (Å²) < 4.78 is 30.5. The van der Waals surface area contributed by atoms with Crippen molar-refractivity contribution < 1.29 is 13.6 Å². The summed E-state index contributed by atoms with van der Waals surface area (Å²) in [6.07, 6.45) is 6.68. The quantitative estimate of drug-likeness (QED) is 0.422. The van der Waals surface area contributed by atoms with Crippen LogP contribution in [0.2, 0.25) is 5.02 Å². The first-order valence-corrected chi connectivity index (χ1v) is 11.3. The second-order valence-corrected chi connectivity index (χ2v) is 8.63. The number of halogens is 3. The summed E-state index contributed by atoms with van der Waals surface area (Å²) in [4.78, 5) is 23.4. The molecule has 34 heavy (non-hydrogen) atoms. The molecule has 1 N–H and O–H groups in total. The number of nitrogens with zero attached hydrogens (tertiary/aromatic N) is 5. The van der Waals surface area contributed by atoms with Crippen molar-refractivity contribution in [2.45, 2.75) is 31.7 Å². The largest absolute Gasteiger partial charge is 0.347 e. The van der Waals surface area contributed by atoms with Crippen molar-refractivity contribution in [3.05, 3.63) is 82.9 Å². The summed E-state index contributed by atoms with van der Waals surface area (Å²) in [5, 5.41) is 7.47. The zero-order chi connectivity index (χ0) is 23.9. The molecule has 0 bridgehead atoms. The highest BCUT2D eigenvalue weighted by atomic mass is 35.5. The first kappa shape index (κ1) is 22.2. The lowest BCUT2D eigenvalue weighted by atomic mass is 9.84. The van der Waals surface area contributed by atoms with E-state index in [-0.39, 0.29) is 5.69 Å². The van der Waals surface area contributed by atoms with Gasteiger partial charge in [0.25, 0.3) is 5.91 Å². The molecular weight excluding hydrogens is 462 g/mol. The number of pyridine rings is 1. The molecular formula is C24H21ClF2N6O. The molecule has 1 fully saturated rings. The van der Waals surface area contributed by atoms with Crippen LogP contribution in [0.1, 0.15) is 42.2 Å². The van der Waals surface area contributed by atoms with Crippen molar-refractivity contribution in [3.63, 3.8) is 0 Å². The third-order valence-corrected chi connectivity index (χ3v) is 6.57. The fourth-order valence-electron chi connectivity index (χ4n) is 4.70. The lowest BCUT2D eigenvalue weighted by Gasteiger charge is -2.39. The summed E-state index contributed by atoms with van der Waals surface area (Å²) in [6.45, 7) is 2.60. The third kappa shape index (κ3) is 3.75. The van der Waals surface area contributed by atoms with Crippen LogP contribution in [-0.2, 0) is 5.54 Å². The molecule has 0 unspecified atom stereocenters. The highest BCUT2D eigenvalue weighted by Gasteiger charge is 2.43. The summed E-state index contributed by atoms with van der Waals surface area (Å²) in [5.41, 5.74) is 0.628. The number of amides is 1. The fourth-order valence-corrected chi connectivity index (χ4v) is 4.81. The van der Waals surface area contributed by atoms with Crippen LogP contribution in [0.4, 0.5) is 20.3 Å². The van der Waals surface area contributed by atoms with E-state index in [9.17, 15) is 13.6 Å². The number of benzene rings is 1. The molecule has 174 valence electrons. The van der Waals surface area contributed by atoms with Crippen LogP contribution in [0.25, 0.3) is 5.65 Å². The Morgan fingerprint density at radius 1 is 1.21 bits per heavy atom. The van der Waals surface area contributed by atoms with E-state index in [0.29, 0.717) is 47.1 Å². The lowest BCUT2D eigenvalue weighted by Crippen LogP contribution is -2.42. The van der Waals surface area contributed by atoms with Gasteiger partial charge in [0.15, 0.2) is 5.65 Å². The molecule has 1 aliphatic rings. The molecule has 5 rings (SSSR count). The molecule has 3 aromatic heterocycles. The van der Waals surface area contributed by atoms with Crippen molar-refractivity contribution in [2.75, 3.05) is 16.8 Å². The van der Waals surface area contributed by atoms with Crippen molar-refractivity contribution in [1.82, 2.24) is 19.6 Å². The minimum Gasteiger partial charge on any atom is -0.347 e. The van der Waals surface area contributed by atoms with Crippen LogP contribution in [0.3, 0.4) is 0 Å². The van der Waals surface area contributed by atoms with Crippen LogP contribution >= 0.6 is 11.6 Å². The predicted molar refractivity (Wildman–Crippen MR) is 125 cm³/mol. The summed E-state index contributed by atoms with van der Waals surface area (Å²) in [5.74, 6) is -0.749. The van der Waals surface area contributed by atoms with E-state index in [1.807, 2.05) is 11.8 Å². The van der Waals surface area contributed by atoms with Gasteiger partial charge < -0.3 is 10.2 Å². The monoisotopic (exact) mass is 482 g/mol. The molecule has 0 aliphatic carbocycles. The van der Waals surface area contributed by atoms with E-state index >= 15 is 0 Å². The number of aromatic nitrogens is 4. The molecule has 1 amide bonds. The Bertz CT molecular complexity index is 1380. The predicted octanol–water partition coefficient (Wildman–Crippen LogP) is 5.21. The highest BCUT2D eigenvalue weighted by Crippen LogP contribution is 2.45. The summed E-state index contributed by atoms with van der Waals surface area (Å²) in [6, 6.07) is 8.47. The third-order valence-electron chi connectivity index (χ3n) is 6.34. The molecule has 10 heteroatoms. The Morgan fingerprint density at radius 3 is 2.82 bits per heavy atom. The maximum absolute atomic E-state index is 14.8. The molecule has 0 radical (unpaired) electrons. The number of anilines is 2. The standard InChI is InChI=1S/C24H21ClF2N6O/c1-2-24(17-12-16(26)5-6-18(17)27)9-3-10-32(24)21-8-11-33-22(31-21)20(14-29-33)30-23(34)19-7-4-15(25)13-28-19/h4-8,11-14H,2-3,9-10H2,1H3,(H,30,34)/t24-/m1/s1. The van der Waals surface area contributed by atoms with E-state index in [1.54, 1.807) is 22.8 Å². The first-order chi connectivity index (χ1) is 16.4. The molecule has 4 aromatic rings. The molecule has 1 aliphatic heterocycles. The Labute approximate surface area is 199 Å². The van der Waals surface area contributed by atoms with Gasteiger partial charge in [0.1, 0.15) is 28.8 Å². The average molecular weight is 483 g/mol. The SMILES string of the molecule is CC[C@]1(c2cc(F)ccc2F)CCCN1c1ccn2ncc(NC(=O)c3ccc(Cl)cn3)c2n1. The molecule has 1 aromatic carbocycles. The van der Waals surface area contributed by atoms with Crippen LogP contribution in [-0.4, -0.2) is 32.0 Å². The normalized spacial score (nSPS) is 17.9. The Morgan fingerprint density at radius 2 is 2.06 bits per heavy atom. The zero-order valence-electron chi connectivity index (χ0n) is 18.3. The van der Waals surface area contributed by atoms with E-state index in [0.717, 1.165) is 12.5 Å². The van der Waals surface area contributed by atoms with Crippen LogP contribution in [0, 0.1) is 11.6 Å². The number of carbonyl (C=O) groups is 1. The maximum Gasteiger partial charge on any atom is 0.274 e. The van der Waals surface area contributed by atoms with Crippen LogP contribution in [0.5, 0.6) is 0 Å². The fraction of sp³-hybridized carbons (Fsp3) is 0.250. The van der Waals surface area contributed by atoms with Crippen LogP contribution in [0.15, 0.2) is 55.0 Å². The second kappa shape index (κ2) is 8.64. The van der Waals surface area contributed by atoms with Gasteiger partial charge in [0.05, 0.1) is 16.8 Å². The number of carbonyl (C=O) groups excluding carboxylic acids is 1. The van der Waals surface area contributed by atoms with Gasteiger partial charge >= 0.3 is 0 Å². The summed E-state index contributed by atoms with van der Waals surface area (Å²) in [7, 11) is 0. The van der Waals surface area contributed by atoms with Gasteiger partial charge in [-0.25, -0.2) is 23.3 Å². The Balaban J connectivity index is 1.52. The van der Waals surface area contributed by atoms with Gasteiger partial charge in [-0.1, -0.05) is 18.5 Å². The zero-order valence-corrected chi connectivity index (χ0v) is 19.1. The molecule has 4 heterocycles. The van der Waals surface area contributed by atoms with Gasteiger partial charge in [-0.3, -0.25) is 4.79 Å². The number of fused-ring (bicyclic) bond motifs is 1. The second-order valence-electron chi connectivity index (χ2n) is 8.19. The van der Waals surface area contributed by atoms with Gasteiger partial charge in [0, 0.05) is 24.5 Å². The topological polar surface area (TPSA) is 75.4 Å². The summed E-state index contributed by atoms with van der Waals surface area (Å²) >= 11 is 5.85. The van der Waals surface area contributed by atoms with E-state index in [2.05, 4.69) is 15.4 Å². The molecule has 0 saturated carbocycles. The van der Waals surface area contributed by atoms with E-state index < -0.39 is 23.1 Å². The van der Waals surface area contributed by atoms with Crippen LogP contribution < -0.4 is 10.2 Å². The number of hydrogen-bond acceptors (Lipinski definition) is 5. The first-order valence-electron chi connectivity index (χ1n) is 10.9. The Hall–Kier alpha value is -3.59. The van der Waals surface area contributed by atoms with Gasteiger partial charge in [0.2, 0.25) is 0 Å². The van der Waals surface area contributed by atoms with Crippen molar-refractivity contribution in [1.29, 1.82) is 0 Å². The van der Waals surface area contributed by atoms with E-state index in [4.69, 9.17) is 16.6 Å². The average Bonchev–Trinajstić information content (AvgIpc) is 3.45. The molecule has 1 saturated heterocycles. The Kier molecular flexibility index (Phi) is 5.65. The van der Waals surface area contributed by atoms with Gasteiger partial charge in [-0.15, -0.1) is 0 Å². The minimum absolute atomic E-state index is 0.200. The van der Waals surface area contributed by atoms with E-state index in [1.165, 1.54) is 30.6 Å². The maximum atomic E-state index is 14.8. The highest BCUT2D eigenvalue weighted by molar-refractivity contribution is 6.30. The van der Waals surface area contributed by atoms with Gasteiger partial charge in [-0.2, -0.15) is 5.10 Å².